The van der Waals surface area contributed by atoms with Gasteiger partial charge in [0.1, 0.15) is 5.66 Å². The molecule has 2 unspecified atom stereocenters. The van der Waals surface area contributed by atoms with E-state index in [-0.39, 0.29) is 12.4 Å². The fraction of sp³-hybridized carbons (Fsp3) is 0.320. The molecule has 1 heterocycles. The molecule has 6 nitrogen and oxygen atoms in total. The van der Waals surface area contributed by atoms with Crippen LogP contribution in [-0.2, 0) is 20.9 Å². The normalized spacial score (nSPS) is 14.9. The molecule has 2 atom stereocenters. The van der Waals surface area contributed by atoms with Gasteiger partial charge in [-0.05, 0) is 54.5 Å². The van der Waals surface area contributed by atoms with Gasteiger partial charge in [0, 0.05) is 48.1 Å². The summed E-state index contributed by atoms with van der Waals surface area (Å²) in [6, 6.07) is 10.3. The Balaban J connectivity index is 1.93. The van der Waals surface area contributed by atoms with Gasteiger partial charge in [0.2, 0.25) is 13.3 Å². The smallest absolute Gasteiger partial charge is 0.241 e. The number of amides is 1. The van der Waals surface area contributed by atoms with E-state index in [9.17, 15) is 13.8 Å². The SMILES string of the molecule is CCOP(C)(=O)C(C(=O)NC=Cc1ccc([N+](C)(C)C)c(F)c1)c1cn(C)c2ccc(Cl)cc12. The number of nitrogens with zero attached hydrogens (tertiary/aromatic N) is 2. The van der Waals surface area contributed by atoms with Crippen molar-refractivity contribution < 1.29 is 18.3 Å². The van der Waals surface area contributed by atoms with E-state index in [0.29, 0.717) is 26.3 Å². The maximum atomic E-state index is 14.5. The van der Waals surface area contributed by atoms with Crippen LogP contribution in [0.4, 0.5) is 10.1 Å². The molecule has 3 rings (SSSR count). The minimum atomic E-state index is -3.40. The van der Waals surface area contributed by atoms with E-state index in [1.54, 1.807) is 43.5 Å². The van der Waals surface area contributed by atoms with Crippen LogP contribution < -0.4 is 9.80 Å². The lowest BCUT2D eigenvalue weighted by molar-refractivity contribution is -0.120. The van der Waals surface area contributed by atoms with Crippen LogP contribution in [0.1, 0.15) is 23.7 Å². The molecule has 0 aliphatic heterocycles. The lowest BCUT2D eigenvalue weighted by atomic mass is 10.1. The largest absolute Gasteiger partial charge is 0.350 e. The Kier molecular flexibility index (Phi) is 7.73. The molecule has 182 valence electrons. The van der Waals surface area contributed by atoms with E-state index in [4.69, 9.17) is 16.1 Å². The molecule has 0 bridgehead atoms. The number of halogens is 2. The number of rotatable bonds is 8. The third-order valence-corrected chi connectivity index (χ3v) is 8.03. The Bertz CT molecular complexity index is 1300. The number of benzene rings is 2. The summed E-state index contributed by atoms with van der Waals surface area (Å²) in [5.74, 6) is -0.813. The average Bonchev–Trinajstić information content (AvgIpc) is 3.02. The second kappa shape index (κ2) is 10.0. The zero-order valence-corrected chi connectivity index (χ0v) is 22.0. The van der Waals surface area contributed by atoms with Crippen molar-refractivity contribution in [2.75, 3.05) is 34.4 Å². The molecule has 0 aliphatic carbocycles. The lowest BCUT2D eigenvalue weighted by Crippen LogP contribution is -2.35. The van der Waals surface area contributed by atoms with Gasteiger partial charge < -0.3 is 14.4 Å². The van der Waals surface area contributed by atoms with E-state index >= 15 is 0 Å². The number of aromatic nitrogens is 1. The summed E-state index contributed by atoms with van der Waals surface area (Å²) < 4.78 is 35.8. The van der Waals surface area contributed by atoms with E-state index in [0.717, 1.165) is 10.9 Å². The van der Waals surface area contributed by atoms with E-state index in [2.05, 4.69) is 5.32 Å². The second-order valence-corrected chi connectivity index (χ2v) is 12.2. The Morgan fingerprint density at radius 2 is 1.97 bits per heavy atom. The van der Waals surface area contributed by atoms with Crippen LogP contribution >= 0.6 is 19.0 Å². The monoisotopic (exact) mass is 506 g/mol. The van der Waals surface area contributed by atoms with E-state index in [1.807, 2.05) is 38.8 Å². The highest BCUT2D eigenvalue weighted by molar-refractivity contribution is 7.59. The van der Waals surface area contributed by atoms with Crippen LogP contribution in [0.15, 0.2) is 48.8 Å². The van der Waals surface area contributed by atoms with Gasteiger partial charge in [-0.15, -0.1) is 0 Å². The first-order chi connectivity index (χ1) is 15.8. The topological polar surface area (TPSA) is 60.3 Å². The van der Waals surface area contributed by atoms with Gasteiger partial charge in [-0.3, -0.25) is 13.8 Å². The predicted molar refractivity (Wildman–Crippen MR) is 139 cm³/mol. The van der Waals surface area contributed by atoms with Gasteiger partial charge in [0.05, 0.1) is 27.7 Å². The first-order valence-electron chi connectivity index (χ1n) is 10.9. The first-order valence-corrected chi connectivity index (χ1v) is 13.4. The molecule has 3 aromatic rings. The highest BCUT2D eigenvalue weighted by Gasteiger charge is 2.38. The maximum absolute atomic E-state index is 14.5. The summed E-state index contributed by atoms with van der Waals surface area (Å²) in [7, 11) is 4.11. The standard InChI is InChI=1S/C25H30ClFN3O3P/c1-7-33-34(6,32)24(20-16-29(2)22-10-9-18(26)15-19(20)22)25(31)28-13-12-17-8-11-23(21(27)14-17)30(3,4)5/h8-16,24H,7H2,1-6H3/p+1. The Hall–Kier alpha value is -2.44. The fourth-order valence-electron chi connectivity index (χ4n) is 4.02. The molecule has 1 N–H and O–H groups in total. The lowest BCUT2D eigenvalue weighted by Gasteiger charge is -2.23. The number of hydrogen-bond acceptors (Lipinski definition) is 3. The molecule has 9 heteroatoms. The summed E-state index contributed by atoms with van der Waals surface area (Å²) in [5, 5.41) is 3.96. The predicted octanol–water partition coefficient (Wildman–Crippen LogP) is 5.94. The molecule has 0 fully saturated rings. The molecular formula is C25H31ClFN3O3P+. The molecule has 0 spiro atoms. The second-order valence-electron chi connectivity index (χ2n) is 9.15. The Morgan fingerprint density at radius 1 is 1.26 bits per heavy atom. The molecule has 1 amide bonds. The number of aryl methyl sites for hydroxylation is 1. The quantitative estimate of drug-likeness (QED) is 0.304. The summed E-state index contributed by atoms with van der Waals surface area (Å²) in [6.07, 6.45) is 4.81. The summed E-state index contributed by atoms with van der Waals surface area (Å²) in [6.45, 7) is 3.41. The molecular weight excluding hydrogens is 476 g/mol. The minimum Gasteiger partial charge on any atom is -0.350 e. The average molecular weight is 507 g/mol. The van der Waals surface area contributed by atoms with Crippen molar-refractivity contribution in [1.29, 1.82) is 0 Å². The number of quaternary nitrogens is 1. The van der Waals surface area contributed by atoms with Gasteiger partial charge in [-0.25, -0.2) is 4.39 Å². The highest BCUT2D eigenvalue weighted by atomic mass is 35.5. The summed E-state index contributed by atoms with van der Waals surface area (Å²) in [5.41, 5.74) is 1.53. The van der Waals surface area contributed by atoms with Gasteiger partial charge in [-0.2, -0.15) is 0 Å². The number of carbonyl (C=O) groups excluding carboxylic acids is 1. The number of nitrogens with one attached hydrogen (secondary N) is 1. The van der Waals surface area contributed by atoms with Gasteiger partial charge >= 0.3 is 0 Å². The van der Waals surface area contributed by atoms with Crippen molar-refractivity contribution in [1.82, 2.24) is 14.4 Å². The number of carbonyl (C=O) groups is 1. The Labute approximate surface area is 205 Å². The molecule has 0 saturated heterocycles. The molecule has 0 radical (unpaired) electrons. The first kappa shape index (κ1) is 26.2. The van der Waals surface area contributed by atoms with Gasteiger partial charge in [-0.1, -0.05) is 11.6 Å². The molecule has 34 heavy (non-hydrogen) atoms. The molecule has 0 aliphatic rings. The van der Waals surface area contributed by atoms with Crippen molar-refractivity contribution in [3.05, 3.63) is 70.8 Å². The van der Waals surface area contributed by atoms with Crippen molar-refractivity contribution in [2.24, 2.45) is 7.05 Å². The van der Waals surface area contributed by atoms with Gasteiger partial charge in [0.15, 0.2) is 11.5 Å². The summed E-state index contributed by atoms with van der Waals surface area (Å²) in [4.78, 5) is 13.3. The van der Waals surface area contributed by atoms with Crippen molar-refractivity contribution in [3.8, 4) is 0 Å². The fourth-order valence-corrected chi connectivity index (χ4v) is 6.07. The van der Waals surface area contributed by atoms with Crippen molar-refractivity contribution >= 4 is 47.5 Å². The van der Waals surface area contributed by atoms with Crippen LogP contribution in [0, 0.1) is 5.82 Å². The van der Waals surface area contributed by atoms with E-state index < -0.39 is 18.9 Å². The van der Waals surface area contributed by atoms with Crippen LogP contribution in [0.3, 0.4) is 0 Å². The van der Waals surface area contributed by atoms with Crippen LogP contribution in [0.25, 0.3) is 17.0 Å². The third kappa shape index (κ3) is 5.61. The van der Waals surface area contributed by atoms with Crippen LogP contribution in [0.5, 0.6) is 0 Å². The van der Waals surface area contributed by atoms with Gasteiger partial charge in [0.25, 0.3) is 0 Å². The minimum absolute atomic E-state index is 0.205. The van der Waals surface area contributed by atoms with Crippen LogP contribution in [-0.4, -0.2) is 44.9 Å². The number of hydrogen-bond donors (Lipinski definition) is 1. The van der Waals surface area contributed by atoms with Crippen molar-refractivity contribution in [3.63, 3.8) is 0 Å². The Morgan fingerprint density at radius 3 is 2.59 bits per heavy atom. The highest BCUT2D eigenvalue weighted by Crippen LogP contribution is 2.58. The number of fused-ring (bicyclic) bond motifs is 1. The zero-order chi connectivity index (χ0) is 25.3. The van der Waals surface area contributed by atoms with Crippen molar-refractivity contribution in [2.45, 2.75) is 12.6 Å². The third-order valence-electron chi connectivity index (χ3n) is 5.58. The molecule has 0 saturated carbocycles. The maximum Gasteiger partial charge on any atom is 0.241 e. The molecule has 2 aromatic carbocycles. The van der Waals surface area contributed by atoms with E-state index in [1.165, 1.54) is 18.9 Å². The molecule has 1 aromatic heterocycles. The summed E-state index contributed by atoms with van der Waals surface area (Å²) >= 11 is 6.21. The zero-order valence-electron chi connectivity index (χ0n) is 20.3. The van der Waals surface area contributed by atoms with Crippen LogP contribution in [0.2, 0.25) is 5.02 Å².